The zero-order valence-electron chi connectivity index (χ0n) is 8.61. The lowest BCUT2D eigenvalue weighted by atomic mass is 10.1. The highest BCUT2D eigenvalue weighted by Gasteiger charge is 2.18. The second kappa shape index (κ2) is 5.78. The summed E-state index contributed by atoms with van der Waals surface area (Å²) in [5.74, 6) is 0.0638. The number of carbonyl (C=O) groups excluding carboxylic acids is 1. The van der Waals surface area contributed by atoms with E-state index in [0.717, 1.165) is 25.9 Å². The molecule has 1 rings (SSSR count). The fourth-order valence-corrected chi connectivity index (χ4v) is 1.47. The molecule has 1 saturated heterocycles. The fraction of sp³-hybridized carbons (Fsp3) is 0.700. The van der Waals surface area contributed by atoms with E-state index in [0.29, 0.717) is 6.61 Å². The third kappa shape index (κ3) is 3.47. The Kier molecular flexibility index (Phi) is 4.62. The van der Waals surface area contributed by atoms with Crippen LogP contribution in [-0.2, 0) is 9.53 Å². The van der Waals surface area contributed by atoms with E-state index in [9.17, 15) is 4.79 Å². The fourth-order valence-electron chi connectivity index (χ4n) is 1.47. The first kappa shape index (κ1) is 11.2. The van der Waals surface area contributed by atoms with Crippen molar-refractivity contribution in [3.63, 3.8) is 0 Å². The molecule has 1 aliphatic rings. The van der Waals surface area contributed by atoms with Gasteiger partial charge in [0.1, 0.15) is 0 Å². The number of rotatable bonds is 3. The Balaban J connectivity index is 2.30. The normalized spacial score (nSPS) is 19.1. The molecule has 4 nitrogen and oxygen atoms in total. The molecule has 1 heterocycles. The van der Waals surface area contributed by atoms with Crippen LogP contribution in [0.4, 0.5) is 0 Å². The van der Waals surface area contributed by atoms with Crippen LogP contribution in [-0.4, -0.2) is 43.7 Å². The molecule has 0 aromatic rings. The standard InChI is InChI=1S/C10H18N2O2/c1-14-8-2-3-10(13)12-6-4-9(11)5-7-12/h2-3,9H,4-8,11H2,1H3/b3-2+. The highest BCUT2D eigenvalue weighted by atomic mass is 16.5. The molecule has 0 spiro atoms. The van der Waals surface area contributed by atoms with Crippen LogP contribution in [0.5, 0.6) is 0 Å². The van der Waals surface area contributed by atoms with Crippen LogP contribution >= 0.6 is 0 Å². The van der Waals surface area contributed by atoms with Crippen LogP contribution in [0.3, 0.4) is 0 Å². The van der Waals surface area contributed by atoms with Gasteiger partial charge in [0, 0.05) is 32.3 Å². The van der Waals surface area contributed by atoms with Crippen molar-refractivity contribution in [3.05, 3.63) is 12.2 Å². The molecule has 0 unspecified atom stereocenters. The Morgan fingerprint density at radius 2 is 2.21 bits per heavy atom. The maximum atomic E-state index is 11.5. The minimum atomic E-state index is 0.0638. The lowest BCUT2D eigenvalue weighted by Crippen LogP contribution is -2.42. The number of amides is 1. The van der Waals surface area contributed by atoms with Crippen molar-refractivity contribution in [3.8, 4) is 0 Å². The minimum absolute atomic E-state index is 0.0638. The van der Waals surface area contributed by atoms with E-state index in [1.54, 1.807) is 19.3 Å². The zero-order chi connectivity index (χ0) is 10.4. The summed E-state index contributed by atoms with van der Waals surface area (Å²) < 4.78 is 4.82. The molecule has 0 radical (unpaired) electrons. The number of methoxy groups -OCH3 is 1. The van der Waals surface area contributed by atoms with E-state index in [4.69, 9.17) is 10.5 Å². The molecule has 0 aromatic heterocycles. The Hall–Kier alpha value is -0.870. The van der Waals surface area contributed by atoms with Crippen LogP contribution in [0.15, 0.2) is 12.2 Å². The number of nitrogens with two attached hydrogens (primary N) is 1. The van der Waals surface area contributed by atoms with Crippen LogP contribution < -0.4 is 5.73 Å². The first-order valence-electron chi connectivity index (χ1n) is 4.94. The Bertz CT molecular complexity index is 208. The first-order valence-corrected chi connectivity index (χ1v) is 4.94. The number of likely N-dealkylation sites (tertiary alicyclic amines) is 1. The second-order valence-corrected chi connectivity index (χ2v) is 3.52. The average Bonchev–Trinajstić information content (AvgIpc) is 2.19. The SMILES string of the molecule is COC/C=C/C(=O)N1CCC(N)CC1. The summed E-state index contributed by atoms with van der Waals surface area (Å²) in [5.41, 5.74) is 5.74. The average molecular weight is 198 g/mol. The van der Waals surface area contributed by atoms with Gasteiger partial charge in [-0.25, -0.2) is 0 Å². The van der Waals surface area contributed by atoms with Gasteiger partial charge < -0.3 is 15.4 Å². The van der Waals surface area contributed by atoms with Gasteiger partial charge in [0.2, 0.25) is 5.91 Å². The topological polar surface area (TPSA) is 55.6 Å². The van der Waals surface area contributed by atoms with E-state index < -0.39 is 0 Å². The van der Waals surface area contributed by atoms with Crippen molar-refractivity contribution in [2.24, 2.45) is 5.73 Å². The zero-order valence-corrected chi connectivity index (χ0v) is 8.61. The molecular formula is C10H18N2O2. The van der Waals surface area contributed by atoms with Gasteiger partial charge in [-0.1, -0.05) is 6.08 Å². The first-order chi connectivity index (χ1) is 6.74. The van der Waals surface area contributed by atoms with E-state index in [-0.39, 0.29) is 11.9 Å². The molecule has 14 heavy (non-hydrogen) atoms. The lowest BCUT2D eigenvalue weighted by molar-refractivity contribution is -0.127. The number of nitrogens with zero attached hydrogens (tertiary/aromatic N) is 1. The van der Waals surface area contributed by atoms with Gasteiger partial charge >= 0.3 is 0 Å². The summed E-state index contributed by atoms with van der Waals surface area (Å²) in [7, 11) is 1.61. The van der Waals surface area contributed by atoms with Gasteiger partial charge in [-0.15, -0.1) is 0 Å². The summed E-state index contributed by atoms with van der Waals surface area (Å²) in [6.07, 6.45) is 5.12. The third-order valence-electron chi connectivity index (χ3n) is 2.37. The molecule has 0 aliphatic carbocycles. The molecule has 4 heteroatoms. The van der Waals surface area contributed by atoms with Crippen LogP contribution in [0.25, 0.3) is 0 Å². The van der Waals surface area contributed by atoms with E-state index >= 15 is 0 Å². The lowest BCUT2D eigenvalue weighted by Gasteiger charge is -2.29. The van der Waals surface area contributed by atoms with Gasteiger partial charge in [-0.05, 0) is 12.8 Å². The van der Waals surface area contributed by atoms with Crippen molar-refractivity contribution in [2.75, 3.05) is 26.8 Å². The summed E-state index contributed by atoms with van der Waals surface area (Å²) in [4.78, 5) is 13.4. The number of ether oxygens (including phenoxy) is 1. The van der Waals surface area contributed by atoms with Crippen molar-refractivity contribution in [2.45, 2.75) is 18.9 Å². The molecular weight excluding hydrogens is 180 g/mol. The highest BCUT2D eigenvalue weighted by molar-refractivity contribution is 5.87. The molecule has 0 aromatic carbocycles. The molecule has 1 aliphatic heterocycles. The number of hydrogen-bond donors (Lipinski definition) is 1. The molecule has 0 bridgehead atoms. The number of hydrogen-bond acceptors (Lipinski definition) is 3. The minimum Gasteiger partial charge on any atom is -0.381 e. The number of piperidine rings is 1. The Morgan fingerprint density at radius 1 is 1.57 bits per heavy atom. The predicted molar refractivity (Wildman–Crippen MR) is 54.8 cm³/mol. The van der Waals surface area contributed by atoms with Gasteiger partial charge in [0.15, 0.2) is 0 Å². The monoisotopic (exact) mass is 198 g/mol. The van der Waals surface area contributed by atoms with Crippen molar-refractivity contribution in [1.29, 1.82) is 0 Å². The van der Waals surface area contributed by atoms with E-state index in [1.807, 2.05) is 4.90 Å². The molecule has 0 saturated carbocycles. The van der Waals surface area contributed by atoms with Crippen molar-refractivity contribution in [1.82, 2.24) is 4.90 Å². The van der Waals surface area contributed by atoms with Gasteiger partial charge in [0.25, 0.3) is 0 Å². The smallest absolute Gasteiger partial charge is 0.246 e. The van der Waals surface area contributed by atoms with Crippen LogP contribution in [0.1, 0.15) is 12.8 Å². The van der Waals surface area contributed by atoms with Crippen molar-refractivity contribution >= 4 is 5.91 Å². The number of carbonyl (C=O) groups is 1. The van der Waals surface area contributed by atoms with Gasteiger partial charge in [-0.2, -0.15) is 0 Å². The Labute approximate surface area is 84.7 Å². The quantitative estimate of drug-likeness (QED) is 0.656. The van der Waals surface area contributed by atoms with Gasteiger partial charge in [-0.3, -0.25) is 4.79 Å². The maximum absolute atomic E-state index is 11.5. The summed E-state index contributed by atoms with van der Waals surface area (Å²) in [6, 6.07) is 0.266. The second-order valence-electron chi connectivity index (χ2n) is 3.52. The molecule has 2 N–H and O–H groups in total. The maximum Gasteiger partial charge on any atom is 0.246 e. The summed E-state index contributed by atoms with van der Waals surface area (Å²) >= 11 is 0. The highest BCUT2D eigenvalue weighted by Crippen LogP contribution is 2.08. The Morgan fingerprint density at radius 3 is 2.79 bits per heavy atom. The van der Waals surface area contributed by atoms with E-state index in [2.05, 4.69) is 0 Å². The van der Waals surface area contributed by atoms with Gasteiger partial charge in [0.05, 0.1) is 6.61 Å². The summed E-state index contributed by atoms with van der Waals surface area (Å²) in [6.45, 7) is 2.04. The van der Waals surface area contributed by atoms with Crippen LogP contribution in [0, 0.1) is 0 Å². The largest absolute Gasteiger partial charge is 0.381 e. The van der Waals surface area contributed by atoms with Crippen LogP contribution in [0.2, 0.25) is 0 Å². The predicted octanol–water partition coefficient (Wildman–Crippen LogP) is 0.139. The van der Waals surface area contributed by atoms with E-state index in [1.165, 1.54) is 0 Å². The molecule has 0 atom stereocenters. The summed E-state index contributed by atoms with van der Waals surface area (Å²) in [5, 5.41) is 0. The third-order valence-corrected chi connectivity index (χ3v) is 2.37. The van der Waals surface area contributed by atoms with Crippen molar-refractivity contribution < 1.29 is 9.53 Å². The molecule has 80 valence electrons. The molecule has 1 amide bonds. The molecule has 1 fully saturated rings.